The van der Waals surface area contributed by atoms with Gasteiger partial charge in [0, 0.05) is 27.3 Å². The quantitative estimate of drug-likeness (QED) is 0.756. The molecule has 1 atom stereocenters. The smallest absolute Gasteiger partial charge is 0.123 e. The molecule has 0 radical (unpaired) electrons. The fourth-order valence-electron chi connectivity index (χ4n) is 2.01. The van der Waals surface area contributed by atoms with Crippen LogP contribution in [-0.4, -0.2) is 6.61 Å². The summed E-state index contributed by atoms with van der Waals surface area (Å²) in [5, 5.41) is 0.759. The van der Waals surface area contributed by atoms with E-state index < -0.39 is 0 Å². The van der Waals surface area contributed by atoms with Crippen molar-refractivity contribution in [3.63, 3.8) is 0 Å². The van der Waals surface area contributed by atoms with Crippen LogP contribution in [0.2, 0.25) is 5.02 Å². The Morgan fingerprint density at radius 1 is 1.24 bits per heavy atom. The Bertz CT molecular complexity index is 601. The fraction of sp³-hybridized carbons (Fsp3) is 0.294. The van der Waals surface area contributed by atoms with Crippen LogP contribution < -0.4 is 10.5 Å². The van der Waals surface area contributed by atoms with Gasteiger partial charge in [0.05, 0.1) is 6.61 Å². The SMILES string of the molecule is CCOc1ccc(C(C)N)cc1CSc1cccc(Cl)c1. The van der Waals surface area contributed by atoms with E-state index in [1.807, 2.05) is 44.2 Å². The molecular weight excluding hydrogens is 302 g/mol. The summed E-state index contributed by atoms with van der Waals surface area (Å²) in [5.74, 6) is 1.76. The van der Waals surface area contributed by atoms with Gasteiger partial charge in [-0.25, -0.2) is 0 Å². The molecule has 0 heterocycles. The van der Waals surface area contributed by atoms with E-state index in [-0.39, 0.29) is 6.04 Å². The predicted octanol–water partition coefficient (Wildman–Crippen LogP) is 5.05. The molecule has 2 nitrogen and oxygen atoms in total. The molecule has 0 fully saturated rings. The lowest BCUT2D eigenvalue weighted by molar-refractivity contribution is 0.337. The van der Waals surface area contributed by atoms with Gasteiger partial charge < -0.3 is 10.5 Å². The zero-order chi connectivity index (χ0) is 15.2. The van der Waals surface area contributed by atoms with Crippen molar-refractivity contribution in [3.05, 3.63) is 58.6 Å². The highest BCUT2D eigenvalue weighted by atomic mass is 35.5. The van der Waals surface area contributed by atoms with Crippen molar-refractivity contribution in [3.8, 4) is 5.75 Å². The summed E-state index contributed by atoms with van der Waals surface area (Å²) in [7, 11) is 0. The number of halogens is 1. The molecule has 4 heteroatoms. The van der Waals surface area contributed by atoms with Crippen LogP contribution in [0.25, 0.3) is 0 Å². The first kappa shape index (κ1) is 16.2. The molecule has 0 saturated carbocycles. The first-order valence-corrected chi connectivity index (χ1v) is 8.36. The second kappa shape index (κ2) is 7.74. The third-order valence-electron chi connectivity index (χ3n) is 3.10. The van der Waals surface area contributed by atoms with Gasteiger partial charge in [0.2, 0.25) is 0 Å². The first-order chi connectivity index (χ1) is 10.1. The van der Waals surface area contributed by atoms with Crippen LogP contribution in [0.3, 0.4) is 0 Å². The summed E-state index contributed by atoms with van der Waals surface area (Å²) < 4.78 is 5.70. The van der Waals surface area contributed by atoms with Gasteiger partial charge in [-0.05, 0) is 49.7 Å². The molecule has 0 spiro atoms. The van der Waals surface area contributed by atoms with Gasteiger partial charge in [-0.1, -0.05) is 23.7 Å². The van der Waals surface area contributed by atoms with Crippen LogP contribution in [0.5, 0.6) is 5.75 Å². The largest absolute Gasteiger partial charge is 0.494 e. The monoisotopic (exact) mass is 321 g/mol. The second-order valence-electron chi connectivity index (χ2n) is 4.83. The van der Waals surface area contributed by atoms with Crippen LogP contribution in [-0.2, 0) is 5.75 Å². The van der Waals surface area contributed by atoms with Crippen LogP contribution >= 0.6 is 23.4 Å². The maximum absolute atomic E-state index is 6.02. The number of nitrogens with two attached hydrogens (primary N) is 1. The van der Waals surface area contributed by atoms with Gasteiger partial charge in [0.25, 0.3) is 0 Å². The van der Waals surface area contributed by atoms with Gasteiger partial charge in [-0.15, -0.1) is 11.8 Å². The number of benzene rings is 2. The minimum absolute atomic E-state index is 0.0237. The average molecular weight is 322 g/mol. The summed E-state index contributed by atoms with van der Waals surface area (Å²) in [6, 6.07) is 14.1. The van der Waals surface area contributed by atoms with E-state index in [2.05, 4.69) is 12.1 Å². The third kappa shape index (κ3) is 4.67. The third-order valence-corrected chi connectivity index (χ3v) is 4.38. The Morgan fingerprint density at radius 3 is 2.71 bits per heavy atom. The summed E-state index contributed by atoms with van der Waals surface area (Å²) in [6.07, 6.45) is 0. The van der Waals surface area contributed by atoms with Crippen molar-refractivity contribution >= 4 is 23.4 Å². The molecule has 112 valence electrons. The molecule has 2 aromatic carbocycles. The number of thioether (sulfide) groups is 1. The van der Waals surface area contributed by atoms with Crippen molar-refractivity contribution < 1.29 is 4.74 Å². The van der Waals surface area contributed by atoms with Crippen molar-refractivity contribution in [1.82, 2.24) is 0 Å². The summed E-state index contributed by atoms with van der Waals surface area (Å²) >= 11 is 7.76. The summed E-state index contributed by atoms with van der Waals surface area (Å²) in [6.45, 7) is 4.64. The predicted molar refractivity (Wildman–Crippen MR) is 91.2 cm³/mol. The molecule has 0 bridgehead atoms. The van der Waals surface area contributed by atoms with E-state index in [1.54, 1.807) is 11.8 Å². The molecule has 0 aliphatic rings. The molecule has 0 aromatic heterocycles. The second-order valence-corrected chi connectivity index (χ2v) is 6.32. The number of rotatable bonds is 6. The molecule has 2 aromatic rings. The van der Waals surface area contributed by atoms with Crippen LogP contribution in [0.1, 0.15) is 31.0 Å². The van der Waals surface area contributed by atoms with E-state index in [0.29, 0.717) is 6.61 Å². The summed E-state index contributed by atoms with van der Waals surface area (Å²) in [4.78, 5) is 1.15. The Labute approximate surface area is 135 Å². The number of ether oxygens (including phenoxy) is 1. The fourth-order valence-corrected chi connectivity index (χ4v) is 3.20. The van der Waals surface area contributed by atoms with Crippen LogP contribution in [0, 0.1) is 0 Å². The van der Waals surface area contributed by atoms with E-state index in [9.17, 15) is 0 Å². The molecular formula is C17H20ClNOS. The molecule has 0 amide bonds. The van der Waals surface area contributed by atoms with Gasteiger partial charge in [-0.3, -0.25) is 0 Å². The maximum atomic E-state index is 6.02. The van der Waals surface area contributed by atoms with E-state index in [4.69, 9.17) is 22.1 Å². The van der Waals surface area contributed by atoms with E-state index >= 15 is 0 Å². The van der Waals surface area contributed by atoms with Gasteiger partial charge in [-0.2, -0.15) is 0 Å². The minimum atomic E-state index is 0.0237. The normalized spacial score (nSPS) is 12.2. The van der Waals surface area contributed by atoms with Crippen LogP contribution in [0.4, 0.5) is 0 Å². The minimum Gasteiger partial charge on any atom is -0.494 e. The van der Waals surface area contributed by atoms with Gasteiger partial charge in [0.15, 0.2) is 0 Å². The van der Waals surface area contributed by atoms with E-state index in [1.165, 1.54) is 0 Å². The molecule has 2 N–H and O–H groups in total. The van der Waals surface area contributed by atoms with E-state index in [0.717, 1.165) is 32.5 Å². The van der Waals surface area contributed by atoms with Gasteiger partial charge >= 0.3 is 0 Å². The molecule has 21 heavy (non-hydrogen) atoms. The Kier molecular flexibility index (Phi) is 5.97. The highest BCUT2D eigenvalue weighted by Gasteiger charge is 2.08. The Balaban J connectivity index is 2.18. The topological polar surface area (TPSA) is 35.2 Å². The Morgan fingerprint density at radius 2 is 2.05 bits per heavy atom. The standard InChI is InChI=1S/C17H20ClNOS/c1-3-20-17-8-7-13(12(2)19)9-14(17)11-21-16-6-4-5-15(18)10-16/h4-10,12H,3,11,19H2,1-2H3. The summed E-state index contributed by atoms with van der Waals surface area (Å²) in [5.41, 5.74) is 8.26. The first-order valence-electron chi connectivity index (χ1n) is 6.99. The van der Waals surface area contributed by atoms with Crippen LogP contribution in [0.15, 0.2) is 47.4 Å². The highest BCUT2D eigenvalue weighted by Crippen LogP contribution is 2.31. The molecule has 0 saturated heterocycles. The van der Waals surface area contributed by atoms with Crippen molar-refractivity contribution in [1.29, 1.82) is 0 Å². The average Bonchev–Trinajstić information content (AvgIpc) is 2.46. The lowest BCUT2D eigenvalue weighted by Gasteiger charge is -2.14. The molecule has 2 rings (SSSR count). The maximum Gasteiger partial charge on any atom is 0.123 e. The molecule has 0 aliphatic carbocycles. The highest BCUT2D eigenvalue weighted by molar-refractivity contribution is 7.98. The molecule has 0 aliphatic heterocycles. The lowest BCUT2D eigenvalue weighted by atomic mass is 10.1. The molecule has 1 unspecified atom stereocenters. The number of hydrogen-bond donors (Lipinski definition) is 1. The lowest BCUT2D eigenvalue weighted by Crippen LogP contribution is -2.06. The van der Waals surface area contributed by atoms with Crippen molar-refractivity contribution in [2.75, 3.05) is 6.61 Å². The van der Waals surface area contributed by atoms with Crippen molar-refractivity contribution in [2.24, 2.45) is 5.73 Å². The Hall–Kier alpha value is -1.16. The van der Waals surface area contributed by atoms with Gasteiger partial charge in [0.1, 0.15) is 5.75 Å². The van der Waals surface area contributed by atoms with Crippen molar-refractivity contribution in [2.45, 2.75) is 30.5 Å². The zero-order valence-corrected chi connectivity index (χ0v) is 13.9. The zero-order valence-electron chi connectivity index (χ0n) is 12.3. The number of hydrogen-bond acceptors (Lipinski definition) is 3.